The molecule has 1 fully saturated rings. The molecule has 0 aliphatic carbocycles. The number of hydrogen-bond donors (Lipinski definition) is 2. The van der Waals surface area contributed by atoms with Crippen molar-refractivity contribution in [2.45, 2.75) is 6.54 Å². The monoisotopic (exact) mass is 266 g/mol. The Labute approximate surface area is 111 Å². The molecule has 1 saturated heterocycles. The Morgan fingerprint density at radius 1 is 1.53 bits per heavy atom. The maximum Gasteiger partial charge on any atom is 0.324 e. The lowest BCUT2D eigenvalue weighted by Gasteiger charge is -2.17. The van der Waals surface area contributed by atoms with Crippen LogP contribution in [0.1, 0.15) is 5.56 Å². The molecule has 1 aliphatic rings. The van der Waals surface area contributed by atoms with Gasteiger partial charge in [0.1, 0.15) is 12.4 Å². The van der Waals surface area contributed by atoms with E-state index < -0.39 is 0 Å². The molecule has 3 amide bonds. The van der Waals surface area contributed by atoms with Gasteiger partial charge >= 0.3 is 6.03 Å². The van der Waals surface area contributed by atoms with Crippen LogP contribution in [0.25, 0.3) is 0 Å². The summed E-state index contributed by atoms with van der Waals surface area (Å²) in [6.45, 7) is 1.68. The molecular weight excluding hydrogens is 249 g/mol. The van der Waals surface area contributed by atoms with Crippen LogP contribution in [0.4, 0.5) is 9.18 Å². The summed E-state index contributed by atoms with van der Waals surface area (Å²) in [4.78, 5) is 25.4. The largest absolute Gasteiger partial charge is 0.336 e. The molecule has 0 bridgehead atoms. The molecule has 0 saturated carbocycles. The number of carbonyl (C=O) groups is 2. The third-order valence-electron chi connectivity index (χ3n) is 3.01. The summed E-state index contributed by atoms with van der Waals surface area (Å²) >= 11 is 0. The minimum atomic E-state index is -0.330. The molecule has 1 heterocycles. The Hall–Kier alpha value is -1.95. The molecule has 1 aliphatic heterocycles. The summed E-state index contributed by atoms with van der Waals surface area (Å²) in [5, 5.41) is 2.59. The number of amides is 3. The van der Waals surface area contributed by atoms with E-state index in [0.717, 1.165) is 10.5 Å². The van der Waals surface area contributed by atoms with Crippen LogP contribution >= 0.6 is 0 Å². The van der Waals surface area contributed by atoms with Crippen molar-refractivity contribution in [2.75, 3.05) is 26.7 Å². The average molecular weight is 266 g/mol. The first-order chi connectivity index (χ1) is 9.06. The highest BCUT2D eigenvalue weighted by Gasteiger charge is 2.28. The van der Waals surface area contributed by atoms with Gasteiger partial charge in [-0.3, -0.25) is 9.69 Å². The predicted molar refractivity (Wildman–Crippen MR) is 67.0 cm³/mol. The van der Waals surface area contributed by atoms with Crippen molar-refractivity contribution in [2.24, 2.45) is 0 Å². The summed E-state index contributed by atoms with van der Waals surface area (Å²) in [6.07, 6.45) is 0. The number of carbonyl (C=O) groups excluding carboxylic acids is 2. The lowest BCUT2D eigenvalue weighted by molar-refractivity contribution is -0.885. The molecule has 1 atom stereocenters. The molecule has 0 spiro atoms. The maximum absolute atomic E-state index is 13.0. The molecule has 0 radical (unpaired) electrons. The number of urea groups is 1. The van der Waals surface area contributed by atoms with Gasteiger partial charge in [0.05, 0.1) is 7.05 Å². The molecule has 1 aromatic carbocycles. The van der Waals surface area contributed by atoms with Crippen LogP contribution in [-0.2, 0) is 11.3 Å². The number of nitrogens with one attached hydrogen (secondary N) is 2. The van der Waals surface area contributed by atoms with Crippen molar-refractivity contribution in [3.05, 3.63) is 35.6 Å². The number of imide groups is 1. The van der Waals surface area contributed by atoms with Crippen LogP contribution < -0.4 is 10.2 Å². The van der Waals surface area contributed by atoms with Gasteiger partial charge in [-0.05, 0) is 12.1 Å². The van der Waals surface area contributed by atoms with Gasteiger partial charge in [0.2, 0.25) is 0 Å². The zero-order valence-corrected chi connectivity index (χ0v) is 10.8. The van der Waals surface area contributed by atoms with Gasteiger partial charge in [0.15, 0.2) is 6.54 Å². The van der Waals surface area contributed by atoms with Crippen molar-refractivity contribution >= 4 is 11.9 Å². The van der Waals surface area contributed by atoms with E-state index in [0.29, 0.717) is 19.6 Å². The van der Waals surface area contributed by atoms with E-state index in [1.807, 2.05) is 13.1 Å². The second-order valence-electron chi connectivity index (χ2n) is 4.72. The molecule has 2 rings (SSSR count). The standard InChI is InChI=1S/C13H16FN3O2/c1-16(8-10-3-2-4-11(14)7-10)9-12(18)17-6-5-15-13(17)19/h2-4,7H,5-6,8-9H2,1H3,(H,15,19)/p+1. The second kappa shape index (κ2) is 5.79. The van der Waals surface area contributed by atoms with Crippen molar-refractivity contribution < 1.29 is 18.9 Å². The Bertz CT molecular complexity index is 493. The molecular formula is C13H17FN3O2+. The molecule has 1 unspecified atom stereocenters. The number of likely N-dealkylation sites (N-methyl/N-ethyl adjacent to an activating group) is 1. The number of hydrogen-bond acceptors (Lipinski definition) is 2. The van der Waals surface area contributed by atoms with E-state index in [1.54, 1.807) is 6.07 Å². The van der Waals surface area contributed by atoms with Gasteiger partial charge in [-0.2, -0.15) is 0 Å². The van der Waals surface area contributed by atoms with Crippen molar-refractivity contribution in [1.29, 1.82) is 0 Å². The van der Waals surface area contributed by atoms with E-state index in [2.05, 4.69) is 5.32 Å². The normalized spacial score (nSPS) is 16.3. The quantitative estimate of drug-likeness (QED) is 0.764. The third kappa shape index (κ3) is 3.51. The maximum atomic E-state index is 13.0. The number of quaternary nitrogens is 1. The SMILES string of the molecule is C[NH+](CC(=O)N1CCNC1=O)Cc1cccc(F)c1. The van der Waals surface area contributed by atoms with Gasteiger partial charge in [-0.15, -0.1) is 0 Å². The summed E-state index contributed by atoms with van der Waals surface area (Å²) in [7, 11) is 1.84. The Balaban J connectivity index is 1.89. The van der Waals surface area contributed by atoms with Crippen molar-refractivity contribution in [1.82, 2.24) is 10.2 Å². The summed E-state index contributed by atoms with van der Waals surface area (Å²) in [5.74, 6) is -0.487. The van der Waals surface area contributed by atoms with Gasteiger partial charge in [-0.1, -0.05) is 12.1 Å². The van der Waals surface area contributed by atoms with Gasteiger partial charge in [-0.25, -0.2) is 9.18 Å². The van der Waals surface area contributed by atoms with Crippen molar-refractivity contribution in [3.8, 4) is 0 Å². The first-order valence-electron chi connectivity index (χ1n) is 6.20. The third-order valence-corrected chi connectivity index (χ3v) is 3.01. The average Bonchev–Trinajstić information content (AvgIpc) is 2.75. The van der Waals surface area contributed by atoms with E-state index in [-0.39, 0.29) is 24.3 Å². The van der Waals surface area contributed by atoms with E-state index >= 15 is 0 Å². The lowest BCUT2D eigenvalue weighted by Crippen LogP contribution is -3.08. The van der Waals surface area contributed by atoms with Gasteiger partial charge < -0.3 is 10.2 Å². The summed E-state index contributed by atoms with van der Waals surface area (Å²) in [6, 6.07) is 5.98. The van der Waals surface area contributed by atoms with Crippen LogP contribution in [0.5, 0.6) is 0 Å². The predicted octanol–water partition coefficient (Wildman–Crippen LogP) is -0.608. The highest BCUT2D eigenvalue weighted by atomic mass is 19.1. The van der Waals surface area contributed by atoms with E-state index in [9.17, 15) is 14.0 Å². The van der Waals surface area contributed by atoms with Gasteiger partial charge in [0.25, 0.3) is 5.91 Å². The summed E-state index contributed by atoms with van der Waals surface area (Å²) < 4.78 is 13.0. The number of nitrogens with zero attached hydrogens (tertiary/aromatic N) is 1. The van der Waals surface area contributed by atoms with E-state index in [4.69, 9.17) is 0 Å². The van der Waals surface area contributed by atoms with Crippen molar-refractivity contribution in [3.63, 3.8) is 0 Å². The molecule has 102 valence electrons. The van der Waals surface area contributed by atoms with E-state index in [1.165, 1.54) is 17.0 Å². The number of halogens is 1. The Kier molecular flexibility index (Phi) is 4.11. The zero-order valence-electron chi connectivity index (χ0n) is 10.8. The molecule has 5 nitrogen and oxygen atoms in total. The molecule has 1 aromatic rings. The molecule has 0 aromatic heterocycles. The molecule has 2 N–H and O–H groups in total. The minimum Gasteiger partial charge on any atom is -0.336 e. The van der Waals surface area contributed by atoms with Crippen LogP contribution in [0.2, 0.25) is 0 Å². The lowest BCUT2D eigenvalue weighted by atomic mass is 10.2. The fourth-order valence-electron chi connectivity index (χ4n) is 2.12. The molecule has 6 heteroatoms. The Morgan fingerprint density at radius 3 is 2.95 bits per heavy atom. The van der Waals surface area contributed by atoms with Crippen LogP contribution in [-0.4, -0.2) is 43.5 Å². The summed E-state index contributed by atoms with van der Waals surface area (Å²) in [5.41, 5.74) is 0.830. The zero-order chi connectivity index (χ0) is 13.8. The highest BCUT2D eigenvalue weighted by molar-refractivity contribution is 5.96. The highest BCUT2D eigenvalue weighted by Crippen LogP contribution is 2.01. The first-order valence-corrected chi connectivity index (χ1v) is 6.20. The Morgan fingerprint density at radius 2 is 2.32 bits per heavy atom. The fraction of sp³-hybridized carbons (Fsp3) is 0.385. The fourth-order valence-corrected chi connectivity index (χ4v) is 2.12. The van der Waals surface area contributed by atoms with Crippen LogP contribution in [0, 0.1) is 5.82 Å². The second-order valence-corrected chi connectivity index (χ2v) is 4.72. The number of rotatable bonds is 4. The topological polar surface area (TPSA) is 53.9 Å². The van der Waals surface area contributed by atoms with Gasteiger partial charge in [0, 0.05) is 18.7 Å². The van der Waals surface area contributed by atoms with Crippen LogP contribution in [0.15, 0.2) is 24.3 Å². The number of benzene rings is 1. The first kappa shape index (κ1) is 13.5. The van der Waals surface area contributed by atoms with Crippen LogP contribution in [0.3, 0.4) is 0 Å². The smallest absolute Gasteiger partial charge is 0.324 e. The molecule has 19 heavy (non-hydrogen) atoms. The minimum absolute atomic E-state index is 0.205.